The molecule has 0 unspecified atom stereocenters. The van der Waals surface area contributed by atoms with E-state index in [1.807, 2.05) is 0 Å². The van der Waals surface area contributed by atoms with E-state index in [1.54, 1.807) is 0 Å². The molecule has 0 aliphatic carbocycles. The van der Waals surface area contributed by atoms with Gasteiger partial charge in [0.15, 0.2) is 0 Å². The van der Waals surface area contributed by atoms with E-state index in [-0.39, 0.29) is 27.2 Å². The predicted molar refractivity (Wildman–Crippen MR) is 58.8 cm³/mol. The van der Waals surface area contributed by atoms with E-state index < -0.39 is 0 Å². The highest BCUT2D eigenvalue weighted by Gasteiger charge is 1.71. The van der Waals surface area contributed by atoms with Crippen LogP contribution in [0.5, 0.6) is 0 Å². The van der Waals surface area contributed by atoms with Crippen LogP contribution in [0.2, 0.25) is 19.6 Å². The monoisotopic (exact) mass is 166 g/mol. The van der Waals surface area contributed by atoms with Gasteiger partial charge in [0.1, 0.15) is 0 Å². The molecule has 0 saturated heterocycles. The molecule has 0 heterocycles. The fourth-order valence-electron chi connectivity index (χ4n) is 0. The van der Waals surface area contributed by atoms with Crippen molar-refractivity contribution in [3.05, 3.63) is 0 Å². The molecule has 0 aromatic rings. The van der Waals surface area contributed by atoms with Crippen LogP contribution < -0.4 is 0 Å². The Bertz CT molecular complexity index is 18.1. The first-order chi connectivity index (χ1) is 3.15. The van der Waals surface area contributed by atoms with E-state index in [9.17, 15) is 0 Å². The first-order valence-corrected chi connectivity index (χ1v) is 6.61. The van der Waals surface area contributed by atoms with E-state index in [4.69, 9.17) is 0 Å². The molecule has 0 atom stereocenters. The van der Waals surface area contributed by atoms with Crippen molar-refractivity contribution in [2.24, 2.45) is 0 Å². The fraction of sp³-hybridized carbons (Fsp3) is 1.00. The van der Waals surface area contributed by atoms with E-state index >= 15 is 0 Å². The molecule has 0 radical (unpaired) electrons. The maximum atomic E-state index is 2.31. The Kier molecular flexibility index (Phi) is 59.9. The highest BCUT2D eigenvalue weighted by Crippen LogP contribution is 1.68. The van der Waals surface area contributed by atoms with E-state index in [0.29, 0.717) is 0 Å². The lowest BCUT2D eigenvalue weighted by Crippen LogP contribution is -1.84. The average molecular weight is 166 g/mol. The summed E-state index contributed by atoms with van der Waals surface area (Å²) in [6, 6.07) is 0. The maximum absolute atomic E-state index is 2.31. The summed E-state index contributed by atoms with van der Waals surface area (Å²) < 4.78 is 0. The van der Waals surface area contributed by atoms with Crippen LogP contribution in [0, 0.1) is 0 Å². The Hall–Kier alpha value is 0.434. The molecule has 0 fully saturated rings. The van der Waals surface area contributed by atoms with Crippen molar-refractivity contribution < 1.29 is 0 Å². The normalized spacial score (nSPS) is 6.00. The molecule has 2 heteroatoms. The first-order valence-electron chi connectivity index (χ1n) is 3.15. The molecule has 62 valence electrons. The van der Waals surface area contributed by atoms with Crippen LogP contribution in [0.3, 0.4) is 0 Å². The zero-order valence-corrected chi connectivity index (χ0v) is 7.44. The summed E-state index contributed by atoms with van der Waals surface area (Å²) in [4.78, 5) is 0. The third-order valence-electron chi connectivity index (χ3n) is 0. The highest BCUT2D eigenvalue weighted by atomic mass is 28.3. The molecule has 0 saturated carbocycles. The average Bonchev–Trinajstić information content (AvgIpc) is 1.33. The summed E-state index contributed by atoms with van der Waals surface area (Å²) in [6.07, 6.45) is 1.25. The number of hydrogen-bond donors (Lipinski definition) is 0. The van der Waals surface area contributed by atoms with Crippen LogP contribution in [0.15, 0.2) is 0 Å². The van der Waals surface area contributed by atoms with Crippen LogP contribution >= 0.6 is 0 Å². The summed E-state index contributed by atoms with van der Waals surface area (Å²) in [5.74, 6) is 0. The standard InChI is InChI=1S/C3H10Si.C3H8.CH4.H4Si/c1-4(2)3;1-3-2;;/h4H,1-3H3;3H2,1-2H3;2*1H4. The van der Waals surface area contributed by atoms with Gasteiger partial charge in [0.25, 0.3) is 0 Å². The first kappa shape index (κ1) is 22.7. The van der Waals surface area contributed by atoms with Crippen molar-refractivity contribution in [3.63, 3.8) is 0 Å². The summed E-state index contributed by atoms with van der Waals surface area (Å²) >= 11 is 0. The van der Waals surface area contributed by atoms with Crippen LogP contribution in [-0.4, -0.2) is 19.8 Å². The van der Waals surface area contributed by atoms with Crippen molar-refractivity contribution in [2.45, 2.75) is 47.3 Å². The Morgan fingerprint density at radius 3 is 1.00 bits per heavy atom. The Morgan fingerprint density at radius 1 is 1.00 bits per heavy atom. The lowest BCUT2D eigenvalue weighted by Gasteiger charge is -1.75. The second-order valence-corrected chi connectivity index (χ2v) is 5.90. The largest absolute Gasteiger partial charge is 0.0776 e. The van der Waals surface area contributed by atoms with E-state index in [1.165, 1.54) is 6.42 Å². The van der Waals surface area contributed by atoms with Crippen molar-refractivity contribution >= 4 is 19.8 Å². The number of hydrogen-bond acceptors (Lipinski definition) is 0. The van der Waals surface area contributed by atoms with Gasteiger partial charge in [-0.3, -0.25) is 0 Å². The van der Waals surface area contributed by atoms with Crippen LogP contribution in [0.1, 0.15) is 27.7 Å². The minimum Gasteiger partial charge on any atom is -0.0776 e. The topological polar surface area (TPSA) is 0 Å². The van der Waals surface area contributed by atoms with Crippen molar-refractivity contribution in [1.29, 1.82) is 0 Å². The summed E-state index contributed by atoms with van der Waals surface area (Å²) in [7, 11) is -0.139. The molecule has 0 aromatic carbocycles. The minimum absolute atomic E-state index is 0. The van der Waals surface area contributed by atoms with Crippen LogP contribution in [0.4, 0.5) is 0 Å². The highest BCUT2D eigenvalue weighted by molar-refractivity contribution is 6.54. The quantitative estimate of drug-likeness (QED) is 0.481. The van der Waals surface area contributed by atoms with Gasteiger partial charge in [-0.1, -0.05) is 47.3 Å². The lowest BCUT2D eigenvalue weighted by atomic mass is 10.6. The van der Waals surface area contributed by atoms with Gasteiger partial charge in [-0.05, 0) is 11.0 Å². The summed E-state index contributed by atoms with van der Waals surface area (Å²) in [6.45, 7) is 11.2. The van der Waals surface area contributed by atoms with Gasteiger partial charge in [0.2, 0.25) is 0 Å². The van der Waals surface area contributed by atoms with Gasteiger partial charge in [-0.25, -0.2) is 0 Å². The summed E-state index contributed by atoms with van der Waals surface area (Å²) in [5, 5.41) is 0. The fourth-order valence-corrected chi connectivity index (χ4v) is 0. The third-order valence-corrected chi connectivity index (χ3v) is 0. The molecule has 0 spiro atoms. The summed E-state index contributed by atoms with van der Waals surface area (Å²) in [5.41, 5.74) is 0. The van der Waals surface area contributed by atoms with E-state index in [2.05, 4.69) is 33.5 Å². The lowest BCUT2D eigenvalue weighted by molar-refractivity contribution is 1.09. The molecule has 9 heavy (non-hydrogen) atoms. The van der Waals surface area contributed by atoms with E-state index in [0.717, 1.165) is 0 Å². The Morgan fingerprint density at radius 2 is 1.00 bits per heavy atom. The zero-order chi connectivity index (χ0) is 6.28. The van der Waals surface area contributed by atoms with Gasteiger partial charge >= 0.3 is 0 Å². The molecule has 0 aliphatic heterocycles. The van der Waals surface area contributed by atoms with Gasteiger partial charge in [-0.2, -0.15) is 0 Å². The second kappa shape index (κ2) is 23.7. The molecule has 0 amide bonds. The minimum atomic E-state index is -0.139. The molecule has 0 aromatic heterocycles. The Balaban J connectivity index is -0.0000000233. The molecular weight excluding hydrogens is 140 g/mol. The molecule has 0 N–H and O–H groups in total. The molecule has 0 nitrogen and oxygen atoms in total. The predicted octanol–water partition coefficient (Wildman–Crippen LogP) is 1.70. The molecule has 0 aliphatic rings. The van der Waals surface area contributed by atoms with Crippen molar-refractivity contribution in [3.8, 4) is 0 Å². The Labute approximate surface area is 67.7 Å². The smallest absolute Gasteiger partial charge is 0.0274 e. The second-order valence-electron chi connectivity index (χ2n) is 2.44. The molecule has 0 rings (SSSR count). The van der Waals surface area contributed by atoms with Crippen molar-refractivity contribution in [2.75, 3.05) is 0 Å². The number of rotatable bonds is 0. The van der Waals surface area contributed by atoms with Gasteiger partial charge < -0.3 is 0 Å². The third kappa shape index (κ3) is 1860. The molecular formula is C7H26Si2. The van der Waals surface area contributed by atoms with Gasteiger partial charge in [-0.15, -0.1) is 0 Å². The van der Waals surface area contributed by atoms with Crippen LogP contribution in [0.25, 0.3) is 0 Å². The maximum Gasteiger partial charge on any atom is 0.0274 e. The van der Waals surface area contributed by atoms with Crippen molar-refractivity contribution in [1.82, 2.24) is 0 Å². The molecule has 0 bridgehead atoms. The van der Waals surface area contributed by atoms with Gasteiger partial charge in [0.05, 0.1) is 0 Å². The zero-order valence-electron chi connectivity index (χ0n) is 6.28. The van der Waals surface area contributed by atoms with Gasteiger partial charge in [0, 0.05) is 8.80 Å². The van der Waals surface area contributed by atoms with Crippen LogP contribution in [-0.2, 0) is 0 Å². The SMILES string of the molecule is C.CCC.C[SiH](C)C.[SiH4].